The predicted octanol–water partition coefficient (Wildman–Crippen LogP) is 4.46. The van der Waals surface area contributed by atoms with Gasteiger partial charge >= 0.3 is 0 Å². The Kier molecular flexibility index (Phi) is 7.09. The molecule has 0 aromatic heterocycles. The Labute approximate surface area is 174 Å². The summed E-state index contributed by atoms with van der Waals surface area (Å²) in [5.41, 5.74) is 5.74. The lowest BCUT2D eigenvalue weighted by molar-refractivity contribution is -0.137. The van der Waals surface area contributed by atoms with Gasteiger partial charge in [0.2, 0.25) is 5.91 Å². The van der Waals surface area contributed by atoms with E-state index in [1.807, 2.05) is 6.92 Å². The van der Waals surface area contributed by atoms with Crippen LogP contribution in [0.3, 0.4) is 0 Å². The van der Waals surface area contributed by atoms with E-state index in [9.17, 15) is 4.79 Å². The Morgan fingerprint density at radius 3 is 2.55 bits per heavy atom. The van der Waals surface area contributed by atoms with Crippen molar-refractivity contribution in [3.05, 3.63) is 59.2 Å². The highest BCUT2D eigenvalue weighted by Gasteiger charge is 2.41. The Morgan fingerprint density at radius 1 is 1.14 bits per heavy atom. The van der Waals surface area contributed by atoms with Crippen molar-refractivity contribution < 1.29 is 14.3 Å². The summed E-state index contributed by atoms with van der Waals surface area (Å²) in [5, 5.41) is 3.17. The second-order valence-corrected chi connectivity index (χ2v) is 8.37. The molecule has 2 aromatic carbocycles. The number of ether oxygens (including phenoxy) is 2. The van der Waals surface area contributed by atoms with Gasteiger partial charge in [-0.15, -0.1) is 0 Å². The molecule has 1 aliphatic heterocycles. The summed E-state index contributed by atoms with van der Waals surface area (Å²) in [6, 6.07) is 15.0. The van der Waals surface area contributed by atoms with Gasteiger partial charge in [0.1, 0.15) is 0 Å². The Balaban J connectivity index is 1.94. The molecule has 2 aromatic rings. The number of hydrogen-bond donors (Lipinski definition) is 1. The molecule has 1 unspecified atom stereocenters. The molecule has 4 heteroatoms. The number of methoxy groups -OCH3 is 1. The van der Waals surface area contributed by atoms with Gasteiger partial charge in [0, 0.05) is 26.4 Å². The van der Waals surface area contributed by atoms with Gasteiger partial charge in [-0.25, -0.2) is 0 Å². The summed E-state index contributed by atoms with van der Waals surface area (Å²) < 4.78 is 10.8. The number of nitrogens with one attached hydrogen (secondary N) is 1. The van der Waals surface area contributed by atoms with E-state index in [2.05, 4.69) is 61.6 Å². The average Bonchev–Trinajstić information content (AvgIpc) is 2.69. The van der Waals surface area contributed by atoms with E-state index in [-0.39, 0.29) is 11.9 Å². The van der Waals surface area contributed by atoms with Crippen LogP contribution in [0.25, 0.3) is 11.1 Å². The summed E-state index contributed by atoms with van der Waals surface area (Å²) in [5.74, 6) is 0.112. The van der Waals surface area contributed by atoms with Gasteiger partial charge in [-0.2, -0.15) is 0 Å². The summed E-state index contributed by atoms with van der Waals surface area (Å²) in [4.78, 5) is 13.3. The normalized spacial score (nSPS) is 17.0. The van der Waals surface area contributed by atoms with E-state index in [1.54, 1.807) is 7.11 Å². The first kappa shape index (κ1) is 21.5. The number of amides is 1. The molecule has 29 heavy (non-hydrogen) atoms. The SMILES string of the molecule is COCC(C)NC(=O)C1(Cc2ccccc2-c2ccc(C)cc2C)CCOCC1. The van der Waals surface area contributed by atoms with Crippen molar-refractivity contribution in [2.45, 2.75) is 46.1 Å². The fourth-order valence-corrected chi connectivity index (χ4v) is 4.33. The van der Waals surface area contributed by atoms with E-state index in [1.165, 1.54) is 27.8 Å². The van der Waals surface area contributed by atoms with Crippen LogP contribution in [0.5, 0.6) is 0 Å². The zero-order valence-electron chi connectivity index (χ0n) is 18.1. The van der Waals surface area contributed by atoms with Crippen molar-refractivity contribution in [1.82, 2.24) is 5.32 Å². The zero-order chi connectivity index (χ0) is 20.9. The minimum Gasteiger partial charge on any atom is -0.383 e. The zero-order valence-corrected chi connectivity index (χ0v) is 18.1. The second kappa shape index (κ2) is 9.55. The van der Waals surface area contributed by atoms with Gasteiger partial charge in [0.25, 0.3) is 0 Å². The van der Waals surface area contributed by atoms with Crippen LogP contribution in [0.4, 0.5) is 0 Å². The monoisotopic (exact) mass is 395 g/mol. The molecule has 1 heterocycles. The highest BCUT2D eigenvalue weighted by molar-refractivity contribution is 5.84. The molecule has 0 saturated carbocycles. The topological polar surface area (TPSA) is 47.6 Å². The number of carbonyl (C=O) groups excluding carboxylic acids is 1. The average molecular weight is 396 g/mol. The first-order chi connectivity index (χ1) is 13.9. The number of hydrogen-bond acceptors (Lipinski definition) is 3. The molecular weight excluding hydrogens is 362 g/mol. The van der Waals surface area contributed by atoms with Crippen LogP contribution >= 0.6 is 0 Å². The van der Waals surface area contributed by atoms with Crippen LogP contribution in [0.15, 0.2) is 42.5 Å². The van der Waals surface area contributed by atoms with Crippen LogP contribution in [0.1, 0.15) is 36.5 Å². The molecule has 0 bridgehead atoms. The van der Waals surface area contributed by atoms with E-state index in [0.29, 0.717) is 26.2 Å². The lowest BCUT2D eigenvalue weighted by Crippen LogP contribution is -2.49. The summed E-state index contributed by atoms with van der Waals surface area (Å²) in [6.07, 6.45) is 2.19. The maximum atomic E-state index is 13.3. The Bertz CT molecular complexity index is 840. The van der Waals surface area contributed by atoms with Crippen molar-refractivity contribution in [2.24, 2.45) is 5.41 Å². The fourth-order valence-electron chi connectivity index (χ4n) is 4.33. The summed E-state index contributed by atoms with van der Waals surface area (Å²) in [6.45, 7) is 8.01. The highest BCUT2D eigenvalue weighted by atomic mass is 16.5. The molecule has 1 atom stereocenters. The van der Waals surface area contributed by atoms with E-state index < -0.39 is 5.41 Å². The third-order valence-corrected chi connectivity index (χ3v) is 5.94. The maximum absolute atomic E-state index is 13.3. The molecule has 156 valence electrons. The van der Waals surface area contributed by atoms with Gasteiger partial charge in [0.05, 0.1) is 12.0 Å². The number of carbonyl (C=O) groups is 1. The molecule has 1 aliphatic rings. The third-order valence-electron chi connectivity index (χ3n) is 5.94. The molecule has 1 saturated heterocycles. The van der Waals surface area contributed by atoms with Crippen molar-refractivity contribution in [3.63, 3.8) is 0 Å². The van der Waals surface area contributed by atoms with Gasteiger partial charge in [-0.05, 0) is 62.3 Å². The highest BCUT2D eigenvalue weighted by Crippen LogP contribution is 2.38. The Hall–Kier alpha value is -2.17. The molecule has 1 N–H and O–H groups in total. The van der Waals surface area contributed by atoms with E-state index in [4.69, 9.17) is 9.47 Å². The number of benzene rings is 2. The van der Waals surface area contributed by atoms with E-state index in [0.717, 1.165) is 12.8 Å². The van der Waals surface area contributed by atoms with Crippen LogP contribution in [-0.4, -0.2) is 38.9 Å². The molecule has 0 spiro atoms. The second-order valence-electron chi connectivity index (χ2n) is 8.37. The molecule has 3 rings (SSSR count). The molecule has 1 fully saturated rings. The summed E-state index contributed by atoms with van der Waals surface area (Å²) in [7, 11) is 1.66. The van der Waals surface area contributed by atoms with Crippen molar-refractivity contribution in [2.75, 3.05) is 26.9 Å². The van der Waals surface area contributed by atoms with Crippen LogP contribution in [0.2, 0.25) is 0 Å². The smallest absolute Gasteiger partial charge is 0.227 e. The Morgan fingerprint density at radius 2 is 1.86 bits per heavy atom. The molecule has 4 nitrogen and oxygen atoms in total. The summed E-state index contributed by atoms with van der Waals surface area (Å²) >= 11 is 0. The van der Waals surface area contributed by atoms with Gasteiger partial charge in [0.15, 0.2) is 0 Å². The first-order valence-corrected chi connectivity index (χ1v) is 10.5. The fraction of sp³-hybridized carbons (Fsp3) is 0.480. The minimum absolute atomic E-state index is 0.0122. The molecule has 1 amide bonds. The predicted molar refractivity (Wildman–Crippen MR) is 117 cm³/mol. The quantitative estimate of drug-likeness (QED) is 0.753. The lowest BCUT2D eigenvalue weighted by atomic mass is 9.73. The molecule has 0 radical (unpaired) electrons. The maximum Gasteiger partial charge on any atom is 0.227 e. The minimum atomic E-state index is -0.449. The van der Waals surface area contributed by atoms with Gasteiger partial charge in [-0.3, -0.25) is 4.79 Å². The largest absolute Gasteiger partial charge is 0.383 e. The first-order valence-electron chi connectivity index (χ1n) is 10.5. The number of rotatable bonds is 7. The molecular formula is C25H33NO3. The van der Waals surface area contributed by atoms with Crippen LogP contribution < -0.4 is 5.32 Å². The van der Waals surface area contributed by atoms with Gasteiger partial charge < -0.3 is 14.8 Å². The number of aryl methyl sites for hydroxylation is 2. The van der Waals surface area contributed by atoms with Crippen LogP contribution in [-0.2, 0) is 20.7 Å². The van der Waals surface area contributed by atoms with E-state index >= 15 is 0 Å². The standard InChI is InChI=1S/C25H33NO3/c1-18-9-10-22(19(2)15-18)23-8-6-5-7-21(23)16-25(11-13-29-14-12-25)24(27)26-20(3)17-28-4/h5-10,15,20H,11-14,16-17H2,1-4H3,(H,26,27). The van der Waals surface area contributed by atoms with Gasteiger partial charge in [-0.1, -0.05) is 48.0 Å². The van der Waals surface area contributed by atoms with Crippen LogP contribution in [0, 0.1) is 19.3 Å². The third kappa shape index (κ3) is 5.06. The van der Waals surface area contributed by atoms with Crippen molar-refractivity contribution >= 4 is 5.91 Å². The van der Waals surface area contributed by atoms with Crippen molar-refractivity contribution in [1.29, 1.82) is 0 Å². The lowest BCUT2D eigenvalue weighted by Gasteiger charge is -2.37. The molecule has 0 aliphatic carbocycles. The van der Waals surface area contributed by atoms with Crippen molar-refractivity contribution in [3.8, 4) is 11.1 Å².